The molecule has 0 fully saturated rings. The standard InChI is InChI=1S/C22H31N3O3/c1-7-20(21(26)25(6)17(2)3)13-14-24(5)16-28-22(27)23-18(4)15-19-11-9-8-10-12-19/h7-14,17-18H,5,15-16H2,1-4,6H3/p+1/b14-13-,20-7+/t18-/m0/s1. The zero-order valence-electron chi connectivity index (χ0n) is 17.5. The summed E-state index contributed by atoms with van der Waals surface area (Å²) in [4.78, 5) is 25.9. The Hall–Kier alpha value is -2.89. The molecule has 6 heteroatoms. The number of likely N-dealkylation sites (N-methyl/N-ethyl adjacent to an activating group) is 1. The molecule has 1 atom stereocenters. The van der Waals surface area contributed by atoms with Crippen LogP contribution in [0.1, 0.15) is 33.3 Å². The van der Waals surface area contributed by atoms with E-state index >= 15 is 0 Å². The second kappa shape index (κ2) is 11.7. The quantitative estimate of drug-likeness (QED) is 0.233. The Kier molecular flexibility index (Phi) is 9.71. The molecule has 1 rings (SSSR count). The van der Waals surface area contributed by atoms with E-state index in [2.05, 4.69) is 12.0 Å². The van der Waals surface area contributed by atoms with Crippen LogP contribution in [-0.2, 0) is 16.0 Å². The van der Waals surface area contributed by atoms with E-state index in [1.165, 1.54) is 4.58 Å². The topological polar surface area (TPSA) is 61.6 Å². The fraction of sp³-hybridized carbons (Fsp3) is 0.409. The van der Waals surface area contributed by atoms with Crippen molar-refractivity contribution in [3.63, 3.8) is 0 Å². The number of hydrogen-bond acceptors (Lipinski definition) is 3. The summed E-state index contributed by atoms with van der Waals surface area (Å²) in [7, 11) is 1.76. The van der Waals surface area contributed by atoms with Crippen LogP contribution in [0, 0.1) is 0 Å². The van der Waals surface area contributed by atoms with Crippen LogP contribution in [0.4, 0.5) is 4.79 Å². The zero-order chi connectivity index (χ0) is 21.1. The molecule has 0 aliphatic heterocycles. The van der Waals surface area contributed by atoms with Crippen LogP contribution in [0.15, 0.2) is 54.3 Å². The van der Waals surface area contributed by atoms with E-state index in [1.54, 1.807) is 37.2 Å². The molecule has 0 spiro atoms. The first kappa shape index (κ1) is 23.1. The van der Waals surface area contributed by atoms with Crippen LogP contribution >= 0.6 is 0 Å². The van der Waals surface area contributed by atoms with Gasteiger partial charge in [-0.2, -0.15) is 4.58 Å². The van der Waals surface area contributed by atoms with E-state index in [4.69, 9.17) is 4.74 Å². The van der Waals surface area contributed by atoms with Gasteiger partial charge in [-0.25, -0.2) is 4.79 Å². The summed E-state index contributed by atoms with van der Waals surface area (Å²) < 4.78 is 6.62. The lowest BCUT2D eigenvalue weighted by molar-refractivity contribution is -0.488. The maximum atomic E-state index is 12.3. The van der Waals surface area contributed by atoms with Crippen molar-refractivity contribution in [2.45, 2.75) is 46.2 Å². The molecule has 0 radical (unpaired) electrons. The van der Waals surface area contributed by atoms with Crippen LogP contribution in [0.5, 0.6) is 0 Å². The minimum absolute atomic E-state index is 0.0222. The first-order chi connectivity index (χ1) is 13.2. The molecular weight excluding hydrogens is 354 g/mol. The van der Waals surface area contributed by atoms with Gasteiger partial charge in [0, 0.05) is 30.8 Å². The molecule has 0 bridgehead atoms. The molecule has 0 aliphatic carbocycles. The lowest BCUT2D eigenvalue weighted by Crippen LogP contribution is -2.35. The highest BCUT2D eigenvalue weighted by atomic mass is 16.6. The van der Waals surface area contributed by atoms with Gasteiger partial charge in [0.1, 0.15) is 6.72 Å². The summed E-state index contributed by atoms with van der Waals surface area (Å²) in [6.45, 7) is 11.4. The molecule has 0 aliphatic rings. The molecule has 0 heterocycles. The Balaban J connectivity index is 2.45. The zero-order valence-corrected chi connectivity index (χ0v) is 17.5. The van der Waals surface area contributed by atoms with Crippen molar-refractivity contribution in [3.8, 4) is 0 Å². The predicted octanol–water partition coefficient (Wildman–Crippen LogP) is 3.34. The fourth-order valence-corrected chi connectivity index (χ4v) is 2.36. The Bertz CT molecular complexity index is 724. The third-order valence-corrected chi connectivity index (χ3v) is 4.23. The fourth-order valence-electron chi connectivity index (χ4n) is 2.36. The molecular formula is C22H32N3O3+. The van der Waals surface area contributed by atoms with Crippen LogP contribution in [0.3, 0.4) is 0 Å². The molecule has 1 N–H and O–H groups in total. The number of allylic oxidation sites excluding steroid dienone is 1. The molecule has 1 aromatic carbocycles. The van der Waals surface area contributed by atoms with Crippen molar-refractivity contribution in [2.24, 2.45) is 0 Å². The van der Waals surface area contributed by atoms with E-state index in [-0.39, 0.29) is 24.7 Å². The molecule has 0 unspecified atom stereocenters. The van der Waals surface area contributed by atoms with Crippen molar-refractivity contribution in [2.75, 3.05) is 13.8 Å². The highest BCUT2D eigenvalue weighted by Crippen LogP contribution is 2.06. The third kappa shape index (κ3) is 8.20. The summed E-state index contributed by atoms with van der Waals surface area (Å²) in [5, 5.41) is 2.79. The maximum Gasteiger partial charge on any atom is 0.412 e. The third-order valence-electron chi connectivity index (χ3n) is 4.23. The van der Waals surface area contributed by atoms with Gasteiger partial charge >= 0.3 is 6.09 Å². The molecule has 6 nitrogen and oxygen atoms in total. The lowest BCUT2D eigenvalue weighted by atomic mass is 10.1. The van der Waals surface area contributed by atoms with Gasteiger partial charge in [0.2, 0.25) is 0 Å². The normalized spacial score (nSPS) is 12.7. The lowest BCUT2D eigenvalue weighted by Gasteiger charge is -2.21. The number of benzene rings is 1. The SMILES string of the molecule is C=[N+](/C=C\C(=C/C)C(=O)N(C)C(C)C)COC(=O)N[C@@H](C)Cc1ccccc1. The van der Waals surface area contributed by atoms with E-state index in [0.29, 0.717) is 5.57 Å². The number of rotatable bonds is 9. The van der Waals surface area contributed by atoms with Crippen molar-refractivity contribution in [1.29, 1.82) is 0 Å². The number of nitrogens with one attached hydrogen (secondary N) is 1. The second-order valence-corrected chi connectivity index (χ2v) is 6.95. The summed E-state index contributed by atoms with van der Waals surface area (Å²) in [5.74, 6) is -0.0736. The average Bonchev–Trinajstić information content (AvgIpc) is 2.66. The van der Waals surface area contributed by atoms with Gasteiger partial charge in [-0.05, 0) is 39.7 Å². The number of amides is 2. The predicted molar refractivity (Wildman–Crippen MR) is 112 cm³/mol. The molecule has 152 valence electrons. The van der Waals surface area contributed by atoms with Crippen molar-refractivity contribution in [1.82, 2.24) is 10.2 Å². The largest absolute Gasteiger partial charge is 0.412 e. The first-order valence-electron chi connectivity index (χ1n) is 9.40. The van der Waals surface area contributed by atoms with Gasteiger partial charge in [0.25, 0.3) is 12.6 Å². The van der Waals surface area contributed by atoms with Crippen LogP contribution in [0.2, 0.25) is 0 Å². The molecule has 28 heavy (non-hydrogen) atoms. The number of carbonyl (C=O) groups excluding carboxylic acids is 2. The molecule has 1 aromatic rings. The number of alkyl carbamates (subject to hydrolysis) is 1. The highest BCUT2D eigenvalue weighted by molar-refractivity contribution is 5.96. The molecule has 0 saturated carbocycles. The Labute approximate surface area is 168 Å². The van der Waals surface area contributed by atoms with Crippen LogP contribution in [0.25, 0.3) is 0 Å². The number of ether oxygens (including phenoxy) is 1. The average molecular weight is 387 g/mol. The van der Waals surface area contributed by atoms with E-state index < -0.39 is 6.09 Å². The van der Waals surface area contributed by atoms with Gasteiger partial charge < -0.3 is 15.0 Å². The summed E-state index contributed by atoms with van der Waals surface area (Å²) in [6.07, 6.45) is 5.23. The smallest absolute Gasteiger partial charge is 0.388 e. The van der Waals surface area contributed by atoms with Gasteiger partial charge in [0.15, 0.2) is 6.20 Å². The van der Waals surface area contributed by atoms with Crippen LogP contribution < -0.4 is 5.32 Å². The van der Waals surface area contributed by atoms with Crippen molar-refractivity contribution < 1.29 is 18.9 Å². The monoisotopic (exact) mass is 386 g/mol. The summed E-state index contributed by atoms with van der Waals surface area (Å²) in [5.41, 5.74) is 1.69. The Morgan fingerprint density at radius 2 is 1.89 bits per heavy atom. The first-order valence-corrected chi connectivity index (χ1v) is 9.40. The Morgan fingerprint density at radius 3 is 2.46 bits per heavy atom. The summed E-state index contributed by atoms with van der Waals surface area (Å²) in [6, 6.07) is 9.98. The molecule has 0 aromatic heterocycles. The minimum Gasteiger partial charge on any atom is -0.388 e. The highest BCUT2D eigenvalue weighted by Gasteiger charge is 2.15. The maximum absolute atomic E-state index is 12.3. The van der Waals surface area contributed by atoms with Crippen molar-refractivity contribution >= 4 is 18.7 Å². The van der Waals surface area contributed by atoms with Crippen LogP contribution in [-0.4, -0.2) is 54.1 Å². The van der Waals surface area contributed by atoms with Gasteiger partial charge in [-0.3, -0.25) is 4.79 Å². The Morgan fingerprint density at radius 1 is 1.25 bits per heavy atom. The second-order valence-electron chi connectivity index (χ2n) is 6.95. The van der Waals surface area contributed by atoms with Gasteiger partial charge in [-0.15, -0.1) is 0 Å². The van der Waals surface area contributed by atoms with E-state index in [9.17, 15) is 9.59 Å². The van der Waals surface area contributed by atoms with E-state index in [1.807, 2.05) is 51.1 Å². The molecule has 2 amide bonds. The molecule has 0 saturated heterocycles. The van der Waals surface area contributed by atoms with Gasteiger partial charge in [-0.1, -0.05) is 36.4 Å². The van der Waals surface area contributed by atoms with Gasteiger partial charge in [0.05, 0.1) is 0 Å². The number of hydrogen-bond donors (Lipinski definition) is 1. The number of carbonyl (C=O) groups is 2. The number of nitrogens with zero attached hydrogens (tertiary/aromatic N) is 2. The summed E-state index contributed by atoms with van der Waals surface area (Å²) >= 11 is 0. The van der Waals surface area contributed by atoms with Crippen molar-refractivity contribution in [3.05, 3.63) is 59.8 Å². The van der Waals surface area contributed by atoms with E-state index in [0.717, 1.165) is 12.0 Å². The minimum atomic E-state index is -0.507.